The van der Waals surface area contributed by atoms with Crippen molar-refractivity contribution in [2.24, 2.45) is 0 Å². The van der Waals surface area contributed by atoms with Gasteiger partial charge < -0.3 is 14.9 Å². The third kappa shape index (κ3) is 3.63. The second-order valence-corrected chi connectivity index (χ2v) is 6.66. The minimum atomic E-state index is -0.893. The van der Waals surface area contributed by atoms with Crippen molar-refractivity contribution < 1.29 is 14.7 Å². The summed E-state index contributed by atoms with van der Waals surface area (Å²) in [5.41, 5.74) is 0. The van der Waals surface area contributed by atoms with Crippen molar-refractivity contribution in [3.63, 3.8) is 0 Å². The van der Waals surface area contributed by atoms with E-state index in [9.17, 15) is 14.7 Å². The number of carboxylic acid groups (broad SMARTS) is 1. The van der Waals surface area contributed by atoms with Crippen LogP contribution in [0.25, 0.3) is 0 Å². The number of carboxylic acids is 1. The number of carbonyl (C=O) groups excluding carboxylic acids is 1. The number of carbonyl (C=O) groups is 2. The van der Waals surface area contributed by atoms with Crippen molar-refractivity contribution >= 4 is 23.8 Å². The second-order valence-electron chi connectivity index (χ2n) is 5.51. The molecule has 0 aromatic heterocycles. The Labute approximate surface area is 130 Å². The van der Waals surface area contributed by atoms with Crippen LogP contribution in [-0.4, -0.2) is 88.1 Å². The third-order valence-electron chi connectivity index (χ3n) is 4.42. The van der Waals surface area contributed by atoms with Gasteiger partial charge in [0.2, 0.25) is 0 Å². The fourth-order valence-corrected chi connectivity index (χ4v) is 4.21. The van der Waals surface area contributed by atoms with E-state index in [0.717, 1.165) is 38.4 Å². The molecule has 2 saturated heterocycles. The van der Waals surface area contributed by atoms with Gasteiger partial charge in [0.1, 0.15) is 6.04 Å². The summed E-state index contributed by atoms with van der Waals surface area (Å²) in [4.78, 5) is 29.7. The molecule has 0 radical (unpaired) electrons. The predicted molar refractivity (Wildman–Crippen MR) is 83.7 cm³/mol. The van der Waals surface area contributed by atoms with Crippen molar-refractivity contribution in [3.8, 4) is 0 Å². The fourth-order valence-electron chi connectivity index (χ4n) is 3.17. The molecule has 21 heavy (non-hydrogen) atoms. The molecular formula is C14H25N3O3S. The summed E-state index contributed by atoms with van der Waals surface area (Å²) in [5.74, 6) is 0.423. The van der Waals surface area contributed by atoms with Crippen LogP contribution in [0.1, 0.15) is 20.3 Å². The maximum Gasteiger partial charge on any atom is 0.327 e. The SMILES string of the molecule is CCN(CC)C1CCN(C(=O)N2CCSCC2C(=O)O)C1. The van der Waals surface area contributed by atoms with E-state index in [1.54, 1.807) is 16.7 Å². The van der Waals surface area contributed by atoms with E-state index in [1.807, 2.05) is 4.90 Å². The molecule has 2 atom stereocenters. The number of nitrogens with zero attached hydrogens (tertiary/aromatic N) is 3. The van der Waals surface area contributed by atoms with Gasteiger partial charge in [0.25, 0.3) is 0 Å². The fraction of sp³-hybridized carbons (Fsp3) is 0.857. The number of hydrogen-bond acceptors (Lipinski definition) is 4. The first-order valence-electron chi connectivity index (χ1n) is 7.68. The van der Waals surface area contributed by atoms with Crippen LogP contribution in [0, 0.1) is 0 Å². The molecule has 0 aromatic carbocycles. The van der Waals surface area contributed by atoms with E-state index in [-0.39, 0.29) is 6.03 Å². The third-order valence-corrected chi connectivity index (χ3v) is 5.44. The molecule has 6 nitrogen and oxygen atoms in total. The zero-order valence-electron chi connectivity index (χ0n) is 12.8. The second kappa shape index (κ2) is 7.35. The van der Waals surface area contributed by atoms with E-state index < -0.39 is 12.0 Å². The summed E-state index contributed by atoms with van der Waals surface area (Å²) in [7, 11) is 0. The van der Waals surface area contributed by atoms with Gasteiger partial charge in [-0.1, -0.05) is 13.8 Å². The molecule has 2 aliphatic rings. The van der Waals surface area contributed by atoms with Crippen molar-refractivity contribution in [2.45, 2.75) is 32.4 Å². The molecule has 0 spiro atoms. The summed E-state index contributed by atoms with van der Waals surface area (Å²) >= 11 is 1.61. The molecule has 2 unspecified atom stereocenters. The van der Waals surface area contributed by atoms with Crippen LogP contribution >= 0.6 is 11.8 Å². The highest BCUT2D eigenvalue weighted by atomic mass is 32.2. The van der Waals surface area contributed by atoms with Gasteiger partial charge in [0.15, 0.2) is 0 Å². The maximum atomic E-state index is 12.6. The number of urea groups is 1. The molecule has 2 aliphatic heterocycles. The number of hydrogen-bond donors (Lipinski definition) is 1. The van der Waals surface area contributed by atoms with Gasteiger partial charge in [0.05, 0.1) is 0 Å². The Balaban J connectivity index is 1.98. The van der Waals surface area contributed by atoms with Gasteiger partial charge in [-0.2, -0.15) is 11.8 Å². The molecule has 0 saturated carbocycles. The van der Waals surface area contributed by atoms with Crippen LogP contribution in [0.15, 0.2) is 0 Å². The Bertz CT molecular complexity index is 390. The highest BCUT2D eigenvalue weighted by Crippen LogP contribution is 2.22. The average molecular weight is 315 g/mol. The predicted octanol–water partition coefficient (Wildman–Crippen LogP) is 1.02. The Kier molecular flexibility index (Phi) is 5.75. The topological polar surface area (TPSA) is 64.1 Å². The van der Waals surface area contributed by atoms with Crippen molar-refractivity contribution in [1.82, 2.24) is 14.7 Å². The largest absolute Gasteiger partial charge is 0.480 e. The first kappa shape index (κ1) is 16.4. The summed E-state index contributed by atoms with van der Waals surface area (Å²) in [6, 6.07) is -0.368. The van der Waals surface area contributed by atoms with E-state index in [1.165, 1.54) is 0 Å². The lowest BCUT2D eigenvalue weighted by atomic mass is 10.2. The normalized spacial score (nSPS) is 26.4. The lowest BCUT2D eigenvalue weighted by Crippen LogP contribution is -2.54. The Morgan fingerprint density at radius 3 is 2.62 bits per heavy atom. The lowest BCUT2D eigenvalue weighted by Gasteiger charge is -2.35. The molecule has 7 heteroatoms. The van der Waals surface area contributed by atoms with Crippen LogP contribution in [-0.2, 0) is 4.79 Å². The number of thioether (sulfide) groups is 1. The van der Waals surface area contributed by atoms with Crippen LogP contribution in [0.2, 0.25) is 0 Å². The van der Waals surface area contributed by atoms with E-state index in [2.05, 4.69) is 18.7 Å². The van der Waals surface area contributed by atoms with Crippen LogP contribution in [0.4, 0.5) is 4.79 Å². The molecule has 2 fully saturated rings. The summed E-state index contributed by atoms with van der Waals surface area (Å²) < 4.78 is 0. The molecule has 0 bridgehead atoms. The first-order chi connectivity index (χ1) is 10.1. The van der Waals surface area contributed by atoms with Gasteiger partial charge in [-0.3, -0.25) is 4.90 Å². The molecule has 0 aliphatic carbocycles. The highest BCUT2D eigenvalue weighted by Gasteiger charge is 2.37. The number of amides is 2. The Morgan fingerprint density at radius 1 is 1.29 bits per heavy atom. The molecule has 2 heterocycles. The van der Waals surface area contributed by atoms with Crippen LogP contribution in [0.3, 0.4) is 0 Å². The summed E-state index contributed by atoms with van der Waals surface area (Å²) in [5, 5.41) is 9.28. The van der Waals surface area contributed by atoms with Crippen LogP contribution < -0.4 is 0 Å². The number of rotatable bonds is 4. The Hall–Kier alpha value is -0.950. The smallest absolute Gasteiger partial charge is 0.327 e. The molecule has 120 valence electrons. The molecule has 0 aromatic rings. The molecule has 1 N–H and O–H groups in total. The minimum Gasteiger partial charge on any atom is -0.480 e. The standard InChI is InChI=1S/C14H25N3O3S/c1-3-15(4-2)11-5-6-16(9-11)14(20)17-7-8-21-10-12(17)13(18)19/h11-12H,3-10H2,1-2H3,(H,18,19). The minimum absolute atomic E-state index is 0.0997. The average Bonchev–Trinajstić information content (AvgIpc) is 2.97. The monoisotopic (exact) mass is 315 g/mol. The number of aliphatic carboxylic acids is 1. The highest BCUT2D eigenvalue weighted by molar-refractivity contribution is 7.99. The number of likely N-dealkylation sites (tertiary alicyclic amines) is 1. The molecular weight excluding hydrogens is 290 g/mol. The summed E-state index contributed by atoms with van der Waals surface area (Å²) in [6.45, 7) is 8.23. The van der Waals surface area contributed by atoms with E-state index in [4.69, 9.17) is 0 Å². The van der Waals surface area contributed by atoms with Crippen molar-refractivity contribution in [2.75, 3.05) is 44.2 Å². The van der Waals surface area contributed by atoms with Gasteiger partial charge in [-0.05, 0) is 19.5 Å². The van der Waals surface area contributed by atoms with Crippen molar-refractivity contribution in [1.29, 1.82) is 0 Å². The zero-order valence-corrected chi connectivity index (χ0v) is 13.6. The summed E-state index contributed by atoms with van der Waals surface area (Å²) in [6.07, 6.45) is 0.980. The van der Waals surface area contributed by atoms with Crippen LogP contribution in [0.5, 0.6) is 0 Å². The Morgan fingerprint density at radius 2 is 2.00 bits per heavy atom. The van der Waals surface area contributed by atoms with Gasteiger partial charge in [0, 0.05) is 37.2 Å². The number of likely N-dealkylation sites (N-methyl/N-ethyl adjacent to an activating group) is 1. The zero-order chi connectivity index (χ0) is 15.4. The van der Waals surface area contributed by atoms with Gasteiger partial charge >= 0.3 is 12.0 Å². The van der Waals surface area contributed by atoms with Gasteiger partial charge in [-0.15, -0.1) is 0 Å². The lowest BCUT2D eigenvalue weighted by molar-refractivity contribution is -0.141. The van der Waals surface area contributed by atoms with Crippen molar-refractivity contribution in [3.05, 3.63) is 0 Å². The maximum absolute atomic E-state index is 12.6. The first-order valence-corrected chi connectivity index (χ1v) is 8.84. The molecule has 2 rings (SSSR count). The molecule has 2 amide bonds. The quantitative estimate of drug-likeness (QED) is 0.839. The van der Waals surface area contributed by atoms with Gasteiger partial charge in [-0.25, -0.2) is 9.59 Å². The van der Waals surface area contributed by atoms with E-state index >= 15 is 0 Å². The van der Waals surface area contributed by atoms with E-state index in [0.29, 0.717) is 18.3 Å².